The van der Waals surface area contributed by atoms with Crippen molar-refractivity contribution in [3.63, 3.8) is 0 Å². The van der Waals surface area contributed by atoms with Crippen molar-refractivity contribution in [1.82, 2.24) is 5.32 Å². The maximum absolute atomic E-state index is 13.4. The van der Waals surface area contributed by atoms with Crippen LogP contribution in [-0.4, -0.2) is 18.5 Å². The van der Waals surface area contributed by atoms with Gasteiger partial charge in [-0.15, -0.1) is 0 Å². The molecular formula is C68H57N9O+4. The number of anilines is 2. The smallest absolute Gasteiger partial charge is 0.262 e. The van der Waals surface area contributed by atoms with E-state index in [2.05, 4.69) is 200 Å². The summed E-state index contributed by atoms with van der Waals surface area (Å²) in [6, 6.07) is 65.6. The van der Waals surface area contributed by atoms with Crippen molar-refractivity contribution in [1.29, 1.82) is 15.8 Å². The predicted molar refractivity (Wildman–Crippen MR) is 301 cm³/mol. The first-order valence-electron chi connectivity index (χ1n) is 26.5. The molecule has 10 nitrogen and oxygen atoms in total. The fourth-order valence-corrected chi connectivity index (χ4v) is 11.1. The van der Waals surface area contributed by atoms with Crippen LogP contribution in [0, 0.1) is 34.0 Å². The van der Waals surface area contributed by atoms with Crippen LogP contribution in [0.5, 0.6) is 0 Å². The minimum atomic E-state index is -0.386. The van der Waals surface area contributed by atoms with Crippen molar-refractivity contribution in [2.45, 2.75) is 57.4 Å². The molecule has 0 bridgehead atoms. The Bertz CT molecular complexity index is 3680. The first-order chi connectivity index (χ1) is 38.4. The third kappa shape index (κ3) is 11.6. The number of carbonyl (C=O) groups excluding carboxylic acids is 1. The Morgan fingerprint density at radius 1 is 0.551 bits per heavy atom. The van der Waals surface area contributed by atoms with E-state index in [0.717, 1.165) is 58.2 Å². The number of fused-ring (bicyclic) bond motifs is 3. The van der Waals surface area contributed by atoms with Crippen LogP contribution in [0.25, 0.3) is 28.9 Å². The van der Waals surface area contributed by atoms with Gasteiger partial charge in [-0.3, -0.25) is 4.79 Å². The van der Waals surface area contributed by atoms with Crippen molar-refractivity contribution >= 4 is 35.0 Å². The lowest BCUT2D eigenvalue weighted by Gasteiger charge is -2.27. The molecule has 2 aliphatic rings. The zero-order valence-corrected chi connectivity index (χ0v) is 43.2. The van der Waals surface area contributed by atoms with E-state index in [-0.39, 0.29) is 11.5 Å². The van der Waals surface area contributed by atoms with Crippen LogP contribution < -0.4 is 28.5 Å². The van der Waals surface area contributed by atoms with Gasteiger partial charge in [0.25, 0.3) is 5.91 Å². The molecule has 9 aromatic rings. The van der Waals surface area contributed by atoms with E-state index in [1.807, 2.05) is 72.1 Å². The number of aromatic nitrogens is 4. The SMILES string of the molecule is N#CC(=Cc1ccc2c(c1)C1CCCC1N2c1ccc(C=C(c2ccccc2)c2ccccc2)cc1)C(=O)NCC[n+]1ccc(-c2cc[n+](Cc3cc(C[n+]4ccc(C#N)cc4)cc(C[n+]4ccc(C#N)cc4)c3)cc2)cc1. The molecule has 1 aliphatic heterocycles. The summed E-state index contributed by atoms with van der Waals surface area (Å²) in [4.78, 5) is 15.9. The molecule has 4 aromatic heterocycles. The van der Waals surface area contributed by atoms with Crippen LogP contribution in [0.3, 0.4) is 0 Å². The molecule has 1 N–H and O–H groups in total. The third-order valence-corrected chi connectivity index (χ3v) is 14.9. The van der Waals surface area contributed by atoms with Gasteiger partial charge in [-0.25, -0.2) is 18.3 Å². The molecule has 1 fully saturated rings. The van der Waals surface area contributed by atoms with Gasteiger partial charge in [0.2, 0.25) is 0 Å². The Balaban J connectivity index is 0.713. The molecule has 5 aromatic carbocycles. The third-order valence-electron chi connectivity index (χ3n) is 14.9. The standard InChI is InChI=1S/C68H56N9O/c69-44-51-20-29-74(30-21-51)47-54-38-55(48-75-31-22-52(45-70)23-32-75)40-56(39-54)49-76-35-26-58(27-36-76)57-24-33-73(34-25-57)37-28-72-68(78)61(46-71)41-53-16-19-67-65(43-53)63-12-7-13-66(63)77(67)62-17-14-50(15-18-62)42-64(59-8-3-1-4-9-59)60-10-5-2-6-11-60/h1-6,8-11,14-27,29-36,38-43,63,66H,7,12-13,28,37,47-49H2/q+3/p+1. The van der Waals surface area contributed by atoms with Crippen molar-refractivity contribution in [3.05, 3.63) is 281 Å². The summed E-state index contributed by atoms with van der Waals surface area (Å²) in [7, 11) is 0. The highest BCUT2D eigenvalue weighted by atomic mass is 16.1. The largest absolute Gasteiger partial charge is 0.345 e. The highest BCUT2D eigenvalue weighted by Crippen LogP contribution is 2.52. The Morgan fingerprint density at radius 3 is 1.56 bits per heavy atom. The van der Waals surface area contributed by atoms with Gasteiger partial charge in [0.1, 0.15) is 11.6 Å². The second-order valence-corrected chi connectivity index (χ2v) is 20.1. The number of hydrogen-bond acceptors (Lipinski definition) is 5. The number of benzene rings is 5. The molecule has 1 aliphatic carbocycles. The highest BCUT2D eigenvalue weighted by Gasteiger charge is 2.42. The number of hydrogen-bond donors (Lipinski definition) is 1. The molecule has 0 spiro atoms. The molecule has 376 valence electrons. The first kappa shape index (κ1) is 50.1. The number of pyridine rings is 4. The molecule has 5 heterocycles. The quantitative estimate of drug-likeness (QED) is 0.0448. The van der Waals surface area contributed by atoms with Crippen molar-refractivity contribution in [3.8, 4) is 29.3 Å². The summed E-state index contributed by atoms with van der Waals surface area (Å²) >= 11 is 0. The lowest BCUT2D eigenvalue weighted by atomic mass is 9.95. The van der Waals surface area contributed by atoms with Gasteiger partial charge in [-0.2, -0.15) is 15.8 Å². The zero-order chi connectivity index (χ0) is 53.2. The Kier molecular flexibility index (Phi) is 14.9. The molecule has 10 heteroatoms. The molecule has 1 saturated carbocycles. The van der Waals surface area contributed by atoms with E-state index < -0.39 is 0 Å². The number of nitrogens with one attached hydrogen (secondary N) is 1. The number of amides is 1. The lowest BCUT2D eigenvalue weighted by molar-refractivity contribution is -0.694. The normalized spacial score (nSPS) is 14.3. The first-order valence-corrected chi connectivity index (χ1v) is 26.5. The van der Waals surface area contributed by atoms with Gasteiger partial charge in [0, 0.05) is 88.6 Å². The molecule has 11 rings (SSSR count). The summed E-state index contributed by atoms with van der Waals surface area (Å²) in [6.45, 7) is 2.91. The monoisotopic (exact) mass is 1020 g/mol. The number of rotatable bonds is 16. The van der Waals surface area contributed by atoms with Gasteiger partial charge < -0.3 is 10.2 Å². The average Bonchev–Trinajstić information content (AvgIpc) is 4.28. The molecule has 0 radical (unpaired) electrons. The molecule has 78 heavy (non-hydrogen) atoms. The van der Waals surface area contributed by atoms with Crippen molar-refractivity contribution < 1.29 is 23.1 Å². The molecule has 0 saturated heterocycles. The Hall–Kier alpha value is -10.1. The van der Waals surface area contributed by atoms with E-state index >= 15 is 0 Å². The maximum atomic E-state index is 13.4. The maximum Gasteiger partial charge on any atom is 0.262 e. The van der Waals surface area contributed by atoms with Crippen LogP contribution in [0.2, 0.25) is 0 Å². The van der Waals surface area contributed by atoms with E-state index in [4.69, 9.17) is 0 Å². The van der Waals surface area contributed by atoms with Crippen LogP contribution in [0.15, 0.2) is 225 Å². The van der Waals surface area contributed by atoms with Gasteiger partial charge in [0.15, 0.2) is 75.8 Å². The van der Waals surface area contributed by atoms with Crippen LogP contribution >= 0.6 is 0 Å². The fraction of sp³-hybridized carbons (Fsp3) is 0.147. The van der Waals surface area contributed by atoms with Gasteiger partial charge in [-0.05, 0) is 112 Å². The summed E-state index contributed by atoms with van der Waals surface area (Å²) in [6.07, 6.45) is 23.3. The second-order valence-electron chi connectivity index (χ2n) is 20.1. The molecule has 2 unspecified atom stereocenters. The topological polar surface area (TPSA) is 119 Å². The van der Waals surface area contributed by atoms with Crippen LogP contribution in [0.1, 0.15) is 80.8 Å². The molecular weight excluding hydrogens is 959 g/mol. The number of carbonyl (C=O) groups is 1. The Morgan fingerprint density at radius 2 is 1.05 bits per heavy atom. The van der Waals surface area contributed by atoms with E-state index in [9.17, 15) is 20.6 Å². The summed E-state index contributed by atoms with van der Waals surface area (Å²) < 4.78 is 8.34. The zero-order valence-electron chi connectivity index (χ0n) is 43.2. The van der Waals surface area contributed by atoms with E-state index in [1.165, 1.54) is 33.6 Å². The van der Waals surface area contributed by atoms with Crippen LogP contribution in [-0.2, 0) is 31.0 Å². The molecule has 2 atom stereocenters. The van der Waals surface area contributed by atoms with Gasteiger partial charge in [-0.1, -0.05) is 85.3 Å². The fourth-order valence-electron chi connectivity index (χ4n) is 11.1. The van der Waals surface area contributed by atoms with Gasteiger partial charge in [0.05, 0.1) is 29.8 Å². The minimum Gasteiger partial charge on any atom is -0.345 e. The van der Waals surface area contributed by atoms with Crippen molar-refractivity contribution in [2.24, 2.45) is 0 Å². The summed E-state index contributed by atoms with van der Waals surface area (Å²) in [5, 5.41) is 31.7. The summed E-state index contributed by atoms with van der Waals surface area (Å²) in [5.41, 5.74) is 16.1. The second kappa shape index (κ2) is 23.2. The lowest BCUT2D eigenvalue weighted by Crippen LogP contribution is -2.40. The molecule has 1 amide bonds. The number of nitrogens with zero attached hydrogens (tertiary/aromatic N) is 8. The Labute approximate surface area is 455 Å². The van der Waals surface area contributed by atoms with Crippen molar-refractivity contribution in [2.75, 3.05) is 11.4 Å². The van der Waals surface area contributed by atoms with Crippen LogP contribution in [0.4, 0.5) is 11.4 Å². The van der Waals surface area contributed by atoms with E-state index in [1.54, 1.807) is 6.08 Å². The number of nitriles is 3. The van der Waals surface area contributed by atoms with E-state index in [0.29, 0.717) is 55.8 Å². The highest BCUT2D eigenvalue weighted by molar-refractivity contribution is 6.01. The summed E-state index contributed by atoms with van der Waals surface area (Å²) in [5.74, 6) is 0.00273. The van der Waals surface area contributed by atoms with Gasteiger partial charge >= 0.3 is 0 Å². The average molecular weight is 1020 g/mol. The predicted octanol–water partition coefficient (Wildman–Crippen LogP) is 10.5. The minimum absolute atomic E-state index is 0.0841.